The minimum Gasteiger partial charge on any atom is -0.462 e. The molecule has 1 fully saturated rings. The summed E-state index contributed by atoms with van der Waals surface area (Å²) in [5, 5.41) is 0. The van der Waals surface area contributed by atoms with Crippen molar-refractivity contribution in [1.29, 1.82) is 0 Å². The van der Waals surface area contributed by atoms with Gasteiger partial charge in [-0.1, -0.05) is 28.1 Å². The molecule has 1 aliphatic heterocycles. The van der Waals surface area contributed by atoms with Gasteiger partial charge in [0.2, 0.25) is 0 Å². The summed E-state index contributed by atoms with van der Waals surface area (Å²) < 4.78 is 6.10. The number of carbonyl (C=O) groups is 2. The number of hydrogen-bond donors (Lipinski definition) is 0. The molecule has 130 valence electrons. The van der Waals surface area contributed by atoms with E-state index in [4.69, 9.17) is 4.74 Å². The Bertz CT molecular complexity index is 780. The standard InChI is InChI=1S/C20H20BrNO3/c1-2-25-20(24)17-12-15(14-5-7-18(21)8-6-14)11-16(13-17)19(23)22-9-3-4-10-22/h5-8,11-13H,2-4,9-10H2,1H3. The Balaban J connectivity index is 2.02. The molecule has 1 heterocycles. The van der Waals surface area contributed by atoms with Crippen LogP contribution in [0.4, 0.5) is 0 Å². The number of benzene rings is 2. The zero-order valence-electron chi connectivity index (χ0n) is 14.1. The van der Waals surface area contributed by atoms with Gasteiger partial charge in [0.15, 0.2) is 0 Å². The molecule has 0 N–H and O–H groups in total. The van der Waals surface area contributed by atoms with Crippen molar-refractivity contribution in [1.82, 2.24) is 4.90 Å². The van der Waals surface area contributed by atoms with Crippen LogP contribution in [0.1, 0.15) is 40.5 Å². The third-order valence-electron chi connectivity index (χ3n) is 4.26. The lowest BCUT2D eigenvalue weighted by Gasteiger charge is -2.17. The third-order valence-corrected chi connectivity index (χ3v) is 4.79. The van der Waals surface area contributed by atoms with Gasteiger partial charge in [0, 0.05) is 23.1 Å². The number of rotatable bonds is 4. The van der Waals surface area contributed by atoms with Crippen LogP contribution < -0.4 is 0 Å². The number of amides is 1. The molecule has 0 bridgehead atoms. The summed E-state index contributed by atoms with van der Waals surface area (Å²) in [6.45, 7) is 3.62. The minimum atomic E-state index is -0.406. The van der Waals surface area contributed by atoms with Crippen molar-refractivity contribution in [3.8, 4) is 11.1 Å². The fourth-order valence-corrected chi connectivity index (χ4v) is 3.26. The SMILES string of the molecule is CCOC(=O)c1cc(C(=O)N2CCCC2)cc(-c2ccc(Br)cc2)c1. The average Bonchev–Trinajstić information content (AvgIpc) is 3.16. The Labute approximate surface area is 155 Å². The lowest BCUT2D eigenvalue weighted by Crippen LogP contribution is -2.27. The van der Waals surface area contributed by atoms with Gasteiger partial charge in [0.05, 0.1) is 12.2 Å². The molecule has 0 aromatic heterocycles. The van der Waals surface area contributed by atoms with Crippen LogP contribution in [0.2, 0.25) is 0 Å². The number of ether oxygens (including phenoxy) is 1. The smallest absolute Gasteiger partial charge is 0.338 e. The fraction of sp³-hybridized carbons (Fsp3) is 0.300. The van der Waals surface area contributed by atoms with Gasteiger partial charge in [0.25, 0.3) is 5.91 Å². The molecule has 0 aliphatic carbocycles. The summed E-state index contributed by atoms with van der Waals surface area (Å²) >= 11 is 3.42. The van der Waals surface area contributed by atoms with E-state index in [2.05, 4.69) is 15.9 Å². The molecular weight excluding hydrogens is 382 g/mol. The first-order valence-electron chi connectivity index (χ1n) is 8.46. The van der Waals surface area contributed by atoms with Crippen LogP contribution in [0.3, 0.4) is 0 Å². The second-order valence-corrected chi connectivity index (χ2v) is 6.94. The molecule has 0 saturated carbocycles. The van der Waals surface area contributed by atoms with E-state index >= 15 is 0 Å². The highest BCUT2D eigenvalue weighted by atomic mass is 79.9. The predicted molar refractivity (Wildman–Crippen MR) is 101 cm³/mol. The number of carbonyl (C=O) groups excluding carboxylic acids is 2. The van der Waals surface area contributed by atoms with Crippen molar-refractivity contribution in [2.24, 2.45) is 0 Å². The lowest BCUT2D eigenvalue weighted by atomic mass is 9.99. The first-order valence-corrected chi connectivity index (χ1v) is 9.25. The van der Waals surface area contributed by atoms with Crippen LogP contribution in [0.25, 0.3) is 11.1 Å². The lowest BCUT2D eigenvalue weighted by molar-refractivity contribution is 0.0526. The van der Waals surface area contributed by atoms with Gasteiger partial charge in [-0.15, -0.1) is 0 Å². The van der Waals surface area contributed by atoms with E-state index in [1.54, 1.807) is 19.1 Å². The second kappa shape index (κ2) is 7.83. The molecule has 2 aromatic carbocycles. The summed E-state index contributed by atoms with van der Waals surface area (Å²) in [5.41, 5.74) is 2.72. The van der Waals surface area contributed by atoms with E-state index < -0.39 is 5.97 Å². The van der Waals surface area contributed by atoms with Crippen LogP contribution >= 0.6 is 15.9 Å². The highest BCUT2D eigenvalue weighted by Gasteiger charge is 2.21. The van der Waals surface area contributed by atoms with Crippen molar-refractivity contribution in [3.63, 3.8) is 0 Å². The van der Waals surface area contributed by atoms with Crippen LogP contribution in [0.15, 0.2) is 46.9 Å². The van der Waals surface area contributed by atoms with E-state index in [1.807, 2.05) is 35.2 Å². The van der Waals surface area contributed by atoms with E-state index in [0.29, 0.717) is 17.7 Å². The Kier molecular flexibility index (Phi) is 5.53. The highest BCUT2D eigenvalue weighted by molar-refractivity contribution is 9.10. The van der Waals surface area contributed by atoms with Crippen molar-refractivity contribution in [2.75, 3.05) is 19.7 Å². The van der Waals surface area contributed by atoms with E-state index in [9.17, 15) is 9.59 Å². The molecule has 3 rings (SSSR count). The number of hydrogen-bond acceptors (Lipinski definition) is 3. The van der Waals surface area contributed by atoms with Gasteiger partial charge in [0.1, 0.15) is 0 Å². The zero-order valence-corrected chi connectivity index (χ0v) is 15.7. The highest BCUT2D eigenvalue weighted by Crippen LogP contribution is 2.26. The van der Waals surface area contributed by atoms with Crippen molar-refractivity contribution < 1.29 is 14.3 Å². The molecule has 1 aliphatic rings. The maximum atomic E-state index is 12.8. The molecular formula is C20H20BrNO3. The topological polar surface area (TPSA) is 46.6 Å². The Morgan fingerprint density at radius 3 is 2.28 bits per heavy atom. The van der Waals surface area contributed by atoms with E-state index in [0.717, 1.165) is 41.5 Å². The molecule has 1 amide bonds. The molecule has 2 aromatic rings. The second-order valence-electron chi connectivity index (χ2n) is 6.03. The van der Waals surface area contributed by atoms with E-state index in [1.165, 1.54) is 0 Å². The summed E-state index contributed by atoms with van der Waals surface area (Å²) in [5.74, 6) is -0.432. The fourth-order valence-electron chi connectivity index (χ4n) is 3.00. The molecule has 0 unspecified atom stereocenters. The maximum absolute atomic E-state index is 12.8. The van der Waals surface area contributed by atoms with Gasteiger partial charge in [-0.3, -0.25) is 4.79 Å². The van der Waals surface area contributed by atoms with Crippen molar-refractivity contribution in [2.45, 2.75) is 19.8 Å². The van der Waals surface area contributed by atoms with Gasteiger partial charge in [-0.2, -0.15) is 0 Å². The van der Waals surface area contributed by atoms with E-state index in [-0.39, 0.29) is 5.91 Å². The normalized spacial score (nSPS) is 13.8. The molecule has 0 spiro atoms. The Morgan fingerprint density at radius 2 is 1.64 bits per heavy atom. The monoisotopic (exact) mass is 401 g/mol. The zero-order chi connectivity index (χ0) is 17.8. The van der Waals surface area contributed by atoms with Gasteiger partial charge >= 0.3 is 5.97 Å². The number of esters is 1. The number of nitrogens with zero attached hydrogens (tertiary/aromatic N) is 1. The largest absolute Gasteiger partial charge is 0.462 e. The Hall–Kier alpha value is -2.14. The summed E-state index contributed by atoms with van der Waals surface area (Å²) in [6.07, 6.45) is 2.06. The number of likely N-dealkylation sites (tertiary alicyclic amines) is 1. The van der Waals surface area contributed by atoms with Crippen LogP contribution in [-0.4, -0.2) is 36.5 Å². The quantitative estimate of drug-likeness (QED) is 0.706. The molecule has 0 radical (unpaired) electrons. The predicted octanol–water partition coefficient (Wildman–Crippen LogP) is 4.53. The van der Waals surface area contributed by atoms with Gasteiger partial charge < -0.3 is 9.64 Å². The first-order chi connectivity index (χ1) is 12.1. The Morgan fingerprint density at radius 1 is 1.00 bits per heavy atom. The summed E-state index contributed by atoms with van der Waals surface area (Å²) in [7, 11) is 0. The molecule has 25 heavy (non-hydrogen) atoms. The van der Waals surface area contributed by atoms with Crippen molar-refractivity contribution >= 4 is 27.8 Å². The molecule has 1 saturated heterocycles. The van der Waals surface area contributed by atoms with Crippen molar-refractivity contribution in [3.05, 3.63) is 58.1 Å². The third kappa shape index (κ3) is 4.10. The molecule has 5 heteroatoms. The minimum absolute atomic E-state index is 0.0259. The number of halogens is 1. The average molecular weight is 402 g/mol. The maximum Gasteiger partial charge on any atom is 0.338 e. The van der Waals surface area contributed by atoms with Gasteiger partial charge in [-0.25, -0.2) is 4.79 Å². The van der Waals surface area contributed by atoms with Gasteiger partial charge in [-0.05, 0) is 61.2 Å². The molecule has 4 nitrogen and oxygen atoms in total. The molecule has 0 atom stereocenters. The van der Waals surface area contributed by atoms with Crippen LogP contribution in [0, 0.1) is 0 Å². The summed E-state index contributed by atoms with van der Waals surface area (Å²) in [6, 6.07) is 13.1. The summed E-state index contributed by atoms with van der Waals surface area (Å²) in [4.78, 5) is 26.9. The van der Waals surface area contributed by atoms with Crippen LogP contribution in [-0.2, 0) is 4.74 Å². The van der Waals surface area contributed by atoms with Crippen LogP contribution in [0.5, 0.6) is 0 Å². The first kappa shape index (κ1) is 17.7.